The Kier molecular flexibility index (Phi) is 10.5. The zero-order valence-electron chi connectivity index (χ0n) is 25.6. The van der Waals surface area contributed by atoms with Crippen LogP contribution in [0.15, 0.2) is 83.2 Å². The number of sulfonamides is 1. The predicted octanol–water partition coefficient (Wildman–Crippen LogP) is 3.55. The summed E-state index contributed by atoms with van der Waals surface area (Å²) in [5, 5.41) is 20.5. The van der Waals surface area contributed by atoms with Gasteiger partial charge in [0.25, 0.3) is 0 Å². The zero-order valence-corrected chi connectivity index (χ0v) is 26.4. The van der Waals surface area contributed by atoms with E-state index in [1.165, 1.54) is 0 Å². The molecule has 1 aliphatic heterocycles. The molecule has 2 amide bonds. The largest absolute Gasteiger partial charge is 0.390 e. The van der Waals surface area contributed by atoms with E-state index in [1.54, 1.807) is 13.8 Å². The Morgan fingerprint density at radius 2 is 1.47 bits per heavy atom. The third-order valence-electron chi connectivity index (χ3n) is 8.23. The maximum atomic E-state index is 14.1. The summed E-state index contributed by atoms with van der Waals surface area (Å²) in [5.74, 6) is -1.58. The van der Waals surface area contributed by atoms with Crippen molar-refractivity contribution >= 4 is 21.8 Å². The van der Waals surface area contributed by atoms with Crippen molar-refractivity contribution in [1.82, 2.24) is 20.3 Å². The van der Waals surface area contributed by atoms with Gasteiger partial charge in [-0.2, -0.15) is 0 Å². The first-order valence-corrected chi connectivity index (χ1v) is 16.8. The van der Waals surface area contributed by atoms with E-state index < -0.39 is 39.9 Å². The number of aliphatic hydroxyl groups excluding tert-OH is 1. The van der Waals surface area contributed by atoms with Gasteiger partial charge in [0.1, 0.15) is 0 Å². The highest BCUT2D eigenvalue weighted by molar-refractivity contribution is 7.88. The maximum absolute atomic E-state index is 14.1. The molecule has 10 heteroatoms. The lowest BCUT2D eigenvalue weighted by Gasteiger charge is -2.37. The average Bonchev–Trinajstić information content (AvgIpc) is 3.80. The molecule has 0 aromatic heterocycles. The smallest absolute Gasteiger partial charge is 0.250 e. The van der Waals surface area contributed by atoms with Gasteiger partial charge in [0.05, 0.1) is 24.4 Å². The van der Waals surface area contributed by atoms with Gasteiger partial charge < -0.3 is 21.1 Å². The molecule has 232 valence electrons. The van der Waals surface area contributed by atoms with E-state index in [2.05, 4.69) is 16.0 Å². The average molecular weight is 609 g/mol. The number of allylic oxidation sites excluding steroid dienone is 2. The Hall–Kier alpha value is -3.47. The molecule has 2 aromatic carbocycles. The highest BCUT2D eigenvalue weighted by atomic mass is 32.2. The minimum absolute atomic E-state index is 0.205. The maximum Gasteiger partial charge on any atom is 0.250 e. The molecule has 0 radical (unpaired) electrons. The van der Waals surface area contributed by atoms with Crippen molar-refractivity contribution in [2.45, 2.75) is 77.6 Å². The Labute approximate surface area is 255 Å². The summed E-state index contributed by atoms with van der Waals surface area (Å²) < 4.78 is 27.2. The van der Waals surface area contributed by atoms with Crippen molar-refractivity contribution in [2.24, 2.45) is 5.92 Å². The summed E-state index contributed by atoms with van der Waals surface area (Å²) in [5.41, 5.74) is 2.82. The fraction of sp³-hybridized carbons (Fsp3) is 0.455. The minimum atomic E-state index is -3.88. The van der Waals surface area contributed by atoms with Gasteiger partial charge in [0.2, 0.25) is 21.8 Å². The van der Waals surface area contributed by atoms with E-state index in [-0.39, 0.29) is 28.6 Å². The molecule has 2 aromatic rings. The number of nitrogens with zero attached hydrogens (tertiary/aromatic N) is 1. The number of amides is 2. The Morgan fingerprint density at radius 1 is 0.930 bits per heavy atom. The Morgan fingerprint density at radius 3 is 1.98 bits per heavy atom. The number of hydrogen-bond donors (Lipinski definition) is 4. The number of hydrogen-bond acceptors (Lipinski definition) is 6. The van der Waals surface area contributed by atoms with Crippen molar-refractivity contribution in [3.05, 3.63) is 94.3 Å². The van der Waals surface area contributed by atoms with E-state index in [0.29, 0.717) is 25.4 Å². The molecule has 1 fully saturated rings. The predicted molar refractivity (Wildman–Crippen MR) is 168 cm³/mol. The number of rotatable bonds is 13. The SMILES string of the molecule is CCC1C(C(=O)N[C@@H](Cc2ccccc2)[C@H](O)CNC2CC2)=C(C)N(S(C)(=O)=O)C(C)=C1C(=O)N[C@H](C)c1ccccc1. The van der Waals surface area contributed by atoms with E-state index in [0.717, 1.165) is 34.5 Å². The molecule has 0 saturated heterocycles. The fourth-order valence-corrected chi connectivity index (χ4v) is 7.08. The third-order valence-corrected chi connectivity index (χ3v) is 9.45. The topological polar surface area (TPSA) is 128 Å². The molecule has 4 N–H and O–H groups in total. The van der Waals surface area contributed by atoms with Gasteiger partial charge in [-0.1, -0.05) is 67.6 Å². The monoisotopic (exact) mass is 608 g/mol. The molecule has 1 heterocycles. The molecular formula is C33H44N4O5S. The lowest BCUT2D eigenvalue weighted by Crippen LogP contribution is -2.51. The quantitative estimate of drug-likeness (QED) is 0.276. The van der Waals surface area contributed by atoms with Gasteiger partial charge >= 0.3 is 0 Å². The second-order valence-corrected chi connectivity index (χ2v) is 13.4. The second kappa shape index (κ2) is 13.9. The van der Waals surface area contributed by atoms with E-state index in [1.807, 2.05) is 74.5 Å². The van der Waals surface area contributed by atoms with Crippen LogP contribution in [0.25, 0.3) is 0 Å². The van der Waals surface area contributed by atoms with E-state index in [9.17, 15) is 23.1 Å². The van der Waals surface area contributed by atoms with E-state index in [4.69, 9.17) is 0 Å². The fourth-order valence-electron chi connectivity index (χ4n) is 5.88. The van der Waals surface area contributed by atoms with Crippen LogP contribution in [-0.2, 0) is 26.0 Å². The number of benzene rings is 2. The molecule has 1 unspecified atom stereocenters. The number of carbonyl (C=O) groups is 2. The summed E-state index contributed by atoms with van der Waals surface area (Å²) in [6.07, 6.45) is 3.09. The summed E-state index contributed by atoms with van der Waals surface area (Å²) in [7, 11) is -3.88. The molecule has 43 heavy (non-hydrogen) atoms. The van der Waals surface area contributed by atoms with Crippen molar-refractivity contribution in [2.75, 3.05) is 12.8 Å². The van der Waals surface area contributed by atoms with Gasteiger partial charge in [0.15, 0.2) is 0 Å². The van der Waals surface area contributed by atoms with Crippen LogP contribution in [0.3, 0.4) is 0 Å². The van der Waals surface area contributed by atoms with Crippen LogP contribution in [0.5, 0.6) is 0 Å². The van der Waals surface area contributed by atoms with Crippen molar-refractivity contribution in [3.8, 4) is 0 Å². The van der Waals surface area contributed by atoms with Crippen molar-refractivity contribution < 1.29 is 23.1 Å². The first kappa shape index (κ1) is 32.4. The van der Waals surface area contributed by atoms with Crippen molar-refractivity contribution in [3.63, 3.8) is 0 Å². The zero-order chi connectivity index (χ0) is 31.3. The molecule has 0 spiro atoms. The summed E-state index contributed by atoms with van der Waals surface area (Å²) in [4.78, 5) is 28.0. The summed E-state index contributed by atoms with van der Waals surface area (Å²) >= 11 is 0. The Balaban J connectivity index is 1.67. The standard InChI is InChI=1S/C33H44N4O5S/c1-6-27-30(32(39)35-21(2)25-15-11-8-12-16-25)22(3)37(43(5,41)42)23(4)31(27)33(40)36-28(19-24-13-9-7-10-14-24)29(38)20-34-26-17-18-26/h7-16,21,26-29,34,38H,6,17-20H2,1-5H3,(H,35,39)(H,36,40)/t21-,27?,28+,29-/m1/s1. The third kappa shape index (κ3) is 7.93. The highest BCUT2D eigenvalue weighted by Gasteiger charge is 2.41. The number of aliphatic hydroxyl groups is 1. The highest BCUT2D eigenvalue weighted by Crippen LogP contribution is 2.39. The van der Waals surface area contributed by atoms with Crippen LogP contribution < -0.4 is 16.0 Å². The van der Waals surface area contributed by atoms with Crippen LogP contribution in [0.1, 0.15) is 64.1 Å². The van der Waals surface area contributed by atoms with Gasteiger partial charge in [-0.3, -0.25) is 9.59 Å². The molecule has 4 atom stereocenters. The van der Waals surface area contributed by atoms with Crippen LogP contribution >= 0.6 is 0 Å². The van der Waals surface area contributed by atoms with Crippen LogP contribution in [-0.4, -0.2) is 60.6 Å². The molecule has 2 aliphatic rings. The van der Waals surface area contributed by atoms with E-state index >= 15 is 0 Å². The number of carbonyl (C=O) groups excluding carboxylic acids is 2. The van der Waals surface area contributed by atoms with Gasteiger partial charge in [-0.25, -0.2) is 12.7 Å². The molecule has 4 rings (SSSR count). The molecule has 9 nitrogen and oxygen atoms in total. The van der Waals surface area contributed by atoms with Crippen LogP contribution in [0, 0.1) is 5.92 Å². The first-order chi connectivity index (χ1) is 20.4. The lowest BCUT2D eigenvalue weighted by atomic mass is 9.82. The van der Waals surface area contributed by atoms with Gasteiger partial charge in [-0.15, -0.1) is 0 Å². The first-order valence-electron chi connectivity index (χ1n) is 15.0. The summed E-state index contributed by atoms with van der Waals surface area (Å²) in [6, 6.07) is 18.5. The molecule has 0 bridgehead atoms. The number of nitrogens with one attached hydrogen (secondary N) is 3. The van der Waals surface area contributed by atoms with Crippen LogP contribution in [0.4, 0.5) is 0 Å². The normalized spacial score (nSPS) is 19.6. The minimum Gasteiger partial charge on any atom is -0.390 e. The van der Waals surface area contributed by atoms with Crippen molar-refractivity contribution in [1.29, 1.82) is 0 Å². The molecule has 1 saturated carbocycles. The second-order valence-electron chi connectivity index (χ2n) is 11.6. The van der Waals surface area contributed by atoms with Gasteiger partial charge in [0, 0.05) is 41.0 Å². The van der Waals surface area contributed by atoms with Crippen LogP contribution in [0.2, 0.25) is 0 Å². The summed E-state index contributed by atoms with van der Waals surface area (Å²) in [6.45, 7) is 7.26. The van der Waals surface area contributed by atoms with Gasteiger partial charge in [-0.05, 0) is 57.6 Å². The molecule has 1 aliphatic carbocycles. The lowest BCUT2D eigenvalue weighted by molar-refractivity contribution is -0.120. The molecular weight excluding hydrogens is 564 g/mol. The Bertz CT molecular complexity index is 1470.